The van der Waals surface area contributed by atoms with Crippen LogP contribution in [-0.4, -0.2) is 27.6 Å². The van der Waals surface area contributed by atoms with Crippen molar-refractivity contribution in [2.75, 3.05) is 7.11 Å². The molecule has 0 saturated heterocycles. The van der Waals surface area contributed by atoms with Gasteiger partial charge in [0.25, 0.3) is 5.91 Å². The first-order chi connectivity index (χ1) is 16.1. The van der Waals surface area contributed by atoms with Gasteiger partial charge in [0, 0.05) is 22.8 Å². The third kappa shape index (κ3) is 4.29. The molecule has 1 N–H and O–H groups in total. The molecular formula is C25H22N4O3S. The summed E-state index contributed by atoms with van der Waals surface area (Å²) < 4.78 is 12.8. The highest BCUT2D eigenvalue weighted by molar-refractivity contribution is 7.98. The fourth-order valence-electron chi connectivity index (χ4n) is 3.76. The third-order valence-corrected chi connectivity index (χ3v) is 6.44. The van der Waals surface area contributed by atoms with Gasteiger partial charge in [0.2, 0.25) is 0 Å². The minimum atomic E-state index is -0.139. The number of amides is 1. The number of carbonyl (C=O) groups is 1. The van der Waals surface area contributed by atoms with Crippen LogP contribution in [0.3, 0.4) is 0 Å². The van der Waals surface area contributed by atoms with Crippen molar-refractivity contribution < 1.29 is 13.9 Å². The Bertz CT molecular complexity index is 1440. The third-order valence-electron chi connectivity index (χ3n) is 5.44. The van der Waals surface area contributed by atoms with Crippen molar-refractivity contribution in [1.29, 1.82) is 0 Å². The van der Waals surface area contributed by atoms with Crippen molar-refractivity contribution in [3.05, 3.63) is 89.4 Å². The van der Waals surface area contributed by atoms with Gasteiger partial charge < -0.3 is 14.5 Å². The molecule has 7 nitrogen and oxygen atoms in total. The molecule has 0 unspecified atom stereocenters. The molecule has 5 aromatic rings. The first kappa shape index (κ1) is 21.1. The number of pyridine rings is 1. The van der Waals surface area contributed by atoms with Gasteiger partial charge in [-0.05, 0) is 60.5 Å². The van der Waals surface area contributed by atoms with Crippen LogP contribution >= 0.6 is 11.8 Å². The van der Waals surface area contributed by atoms with E-state index >= 15 is 0 Å². The number of hydrogen-bond acceptors (Lipinski definition) is 6. The lowest BCUT2D eigenvalue weighted by molar-refractivity contribution is 0.0948. The second-order valence-electron chi connectivity index (χ2n) is 7.64. The Morgan fingerprint density at radius 1 is 1.12 bits per heavy atom. The lowest BCUT2D eigenvalue weighted by Crippen LogP contribution is -2.22. The van der Waals surface area contributed by atoms with Gasteiger partial charge in [-0.2, -0.15) is 0 Å². The number of aryl methyl sites for hydroxylation is 1. The fourth-order valence-corrected chi connectivity index (χ4v) is 4.65. The minimum absolute atomic E-state index is 0.139. The summed E-state index contributed by atoms with van der Waals surface area (Å²) in [6.07, 6.45) is 1.59. The Morgan fingerprint density at radius 3 is 2.85 bits per heavy atom. The van der Waals surface area contributed by atoms with E-state index in [1.165, 1.54) is 0 Å². The molecule has 0 fully saturated rings. The van der Waals surface area contributed by atoms with Crippen LogP contribution in [-0.2, 0) is 12.3 Å². The van der Waals surface area contributed by atoms with Crippen molar-refractivity contribution in [2.24, 2.45) is 0 Å². The van der Waals surface area contributed by atoms with E-state index in [9.17, 15) is 4.79 Å². The number of benzene rings is 2. The lowest BCUT2D eigenvalue weighted by atomic mass is 10.1. The smallest absolute Gasteiger partial charge is 0.251 e. The van der Waals surface area contributed by atoms with E-state index < -0.39 is 0 Å². The lowest BCUT2D eigenvalue weighted by Gasteiger charge is -2.09. The number of aromatic nitrogens is 3. The van der Waals surface area contributed by atoms with Gasteiger partial charge in [-0.3, -0.25) is 9.20 Å². The monoisotopic (exact) mass is 458 g/mol. The van der Waals surface area contributed by atoms with E-state index in [1.807, 2.05) is 42.5 Å². The van der Waals surface area contributed by atoms with E-state index in [0.717, 1.165) is 38.6 Å². The van der Waals surface area contributed by atoms with Crippen LogP contribution in [0.1, 0.15) is 27.2 Å². The SMILES string of the molecule is COc1ccc2c(C)cc3nnc(SCc4cccc(C(=O)NCc5ccco5)c4)n3c2c1. The summed E-state index contributed by atoms with van der Waals surface area (Å²) in [7, 11) is 1.66. The summed E-state index contributed by atoms with van der Waals surface area (Å²) in [5.41, 5.74) is 4.56. The van der Waals surface area contributed by atoms with Gasteiger partial charge in [0.15, 0.2) is 10.8 Å². The van der Waals surface area contributed by atoms with E-state index in [1.54, 1.807) is 37.3 Å². The van der Waals surface area contributed by atoms with Crippen LogP contribution in [0, 0.1) is 6.92 Å². The maximum atomic E-state index is 12.5. The Morgan fingerprint density at radius 2 is 2.03 bits per heavy atom. The maximum Gasteiger partial charge on any atom is 0.251 e. The Labute approximate surface area is 194 Å². The van der Waals surface area contributed by atoms with Crippen molar-refractivity contribution in [1.82, 2.24) is 19.9 Å². The second kappa shape index (κ2) is 8.99. The highest BCUT2D eigenvalue weighted by Crippen LogP contribution is 2.30. The van der Waals surface area contributed by atoms with Crippen LogP contribution in [0.2, 0.25) is 0 Å². The van der Waals surface area contributed by atoms with Crippen molar-refractivity contribution >= 4 is 34.2 Å². The number of furan rings is 1. The van der Waals surface area contributed by atoms with Gasteiger partial charge in [-0.15, -0.1) is 10.2 Å². The summed E-state index contributed by atoms with van der Waals surface area (Å²) in [5, 5.41) is 13.6. The van der Waals surface area contributed by atoms with Crippen LogP contribution in [0.4, 0.5) is 0 Å². The number of methoxy groups -OCH3 is 1. The highest BCUT2D eigenvalue weighted by Gasteiger charge is 2.13. The van der Waals surface area contributed by atoms with Crippen molar-refractivity contribution in [3.8, 4) is 5.75 Å². The van der Waals surface area contributed by atoms with Crippen LogP contribution in [0.5, 0.6) is 5.75 Å². The zero-order chi connectivity index (χ0) is 22.8. The summed E-state index contributed by atoms with van der Waals surface area (Å²) in [6.45, 7) is 2.42. The van der Waals surface area contributed by atoms with Gasteiger partial charge >= 0.3 is 0 Å². The number of rotatable bonds is 7. The predicted molar refractivity (Wildman–Crippen MR) is 128 cm³/mol. The van der Waals surface area contributed by atoms with Gasteiger partial charge in [0.05, 0.1) is 25.4 Å². The molecule has 0 radical (unpaired) electrons. The van der Waals surface area contributed by atoms with E-state index in [0.29, 0.717) is 23.6 Å². The molecule has 5 rings (SSSR count). The van der Waals surface area contributed by atoms with Crippen molar-refractivity contribution in [3.63, 3.8) is 0 Å². The Balaban J connectivity index is 1.37. The summed E-state index contributed by atoms with van der Waals surface area (Å²) in [6, 6.07) is 19.3. The molecule has 8 heteroatoms. The minimum Gasteiger partial charge on any atom is -0.497 e. The Kier molecular flexibility index (Phi) is 5.75. The largest absolute Gasteiger partial charge is 0.497 e. The number of ether oxygens (including phenoxy) is 1. The molecular weight excluding hydrogens is 436 g/mol. The molecule has 3 heterocycles. The average molecular weight is 459 g/mol. The topological polar surface area (TPSA) is 81.7 Å². The Hall–Kier alpha value is -3.78. The first-order valence-electron chi connectivity index (χ1n) is 10.5. The quantitative estimate of drug-likeness (QED) is 0.345. The van der Waals surface area contributed by atoms with Gasteiger partial charge in [0.1, 0.15) is 11.5 Å². The number of hydrogen-bond donors (Lipinski definition) is 1. The molecule has 0 aliphatic rings. The summed E-state index contributed by atoms with van der Waals surface area (Å²) in [5.74, 6) is 2.01. The maximum absolute atomic E-state index is 12.5. The molecule has 1 amide bonds. The van der Waals surface area contributed by atoms with Crippen LogP contribution in [0.15, 0.2) is 76.5 Å². The normalized spacial score (nSPS) is 11.2. The number of nitrogens with zero attached hydrogens (tertiary/aromatic N) is 3. The molecule has 166 valence electrons. The molecule has 2 aromatic carbocycles. The fraction of sp³-hybridized carbons (Fsp3) is 0.160. The summed E-state index contributed by atoms with van der Waals surface area (Å²) >= 11 is 1.58. The standard InChI is InChI=1S/C25H22N4O3S/c1-16-11-23-27-28-25(29(23)22-13-19(31-2)8-9-21(16)22)33-15-17-5-3-6-18(12-17)24(30)26-14-20-7-4-10-32-20/h3-13H,14-15H2,1-2H3,(H,26,30). The van der Waals surface area contributed by atoms with Crippen LogP contribution < -0.4 is 10.1 Å². The molecule has 0 aliphatic carbocycles. The van der Waals surface area contributed by atoms with E-state index in [2.05, 4.69) is 32.9 Å². The molecule has 0 atom stereocenters. The number of nitrogens with one attached hydrogen (secondary N) is 1. The number of carbonyl (C=O) groups excluding carboxylic acids is 1. The molecule has 33 heavy (non-hydrogen) atoms. The zero-order valence-electron chi connectivity index (χ0n) is 18.2. The average Bonchev–Trinajstić information content (AvgIpc) is 3.51. The molecule has 0 aliphatic heterocycles. The van der Waals surface area contributed by atoms with E-state index in [4.69, 9.17) is 9.15 Å². The molecule has 3 aromatic heterocycles. The number of thioether (sulfide) groups is 1. The van der Waals surface area contributed by atoms with Crippen molar-refractivity contribution in [2.45, 2.75) is 24.4 Å². The van der Waals surface area contributed by atoms with E-state index in [-0.39, 0.29) is 5.91 Å². The molecule has 0 bridgehead atoms. The van der Waals surface area contributed by atoms with Gasteiger partial charge in [-0.1, -0.05) is 23.9 Å². The number of fused-ring (bicyclic) bond motifs is 3. The van der Waals surface area contributed by atoms with Crippen LogP contribution in [0.25, 0.3) is 16.6 Å². The zero-order valence-corrected chi connectivity index (χ0v) is 19.1. The van der Waals surface area contributed by atoms with Gasteiger partial charge in [-0.25, -0.2) is 0 Å². The molecule has 0 saturated carbocycles. The predicted octanol–water partition coefficient (Wildman–Crippen LogP) is 5.01. The highest BCUT2D eigenvalue weighted by atomic mass is 32.2. The molecule has 0 spiro atoms. The first-order valence-corrected chi connectivity index (χ1v) is 11.5. The second-order valence-corrected chi connectivity index (χ2v) is 8.58. The summed E-state index contributed by atoms with van der Waals surface area (Å²) in [4.78, 5) is 12.5.